The molecule has 1 heterocycles. The Bertz CT molecular complexity index is 299. The number of aliphatic hydroxyl groups is 1. The zero-order chi connectivity index (χ0) is 11.2. The van der Waals surface area contributed by atoms with E-state index in [-0.39, 0.29) is 0 Å². The molecule has 1 aromatic rings. The van der Waals surface area contributed by atoms with Gasteiger partial charge in [0, 0.05) is 13.2 Å². The van der Waals surface area contributed by atoms with E-state index in [9.17, 15) is 0 Å². The molecule has 1 aromatic carbocycles. The molecule has 0 bridgehead atoms. The molecule has 1 aliphatic heterocycles. The van der Waals surface area contributed by atoms with Crippen LogP contribution in [0.3, 0.4) is 0 Å². The van der Waals surface area contributed by atoms with Gasteiger partial charge in [-0.15, -0.1) is 0 Å². The van der Waals surface area contributed by atoms with E-state index in [0.717, 1.165) is 25.3 Å². The fourth-order valence-corrected chi connectivity index (χ4v) is 2.48. The molecule has 1 aliphatic rings. The second-order valence-corrected chi connectivity index (χ2v) is 4.63. The zero-order valence-corrected chi connectivity index (χ0v) is 9.81. The van der Waals surface area contributed by atoms with E-state index in [2.05, 4.69) is 35.2 Å². The summed E-state index contributed by atoms with van der Waals surface area (Å²) in [5.41, 5.74) is 1.48. The van der Waals surface area contributed by atoms with E-state index in [1.54, 1.807) is 0 Å². The van der Waals surface area contributed by atoms with Crippen LogP contribution in [0, 0.1) is 0 Å². The molecular formula is C14H21NO. The van der Waals surface area contributed by atoms with Crippen LogP contribution in [0.15, 0.2) is 30.3 Å². The molecule has 1 N–H and O–H groups in total. The Kier molecular flexibility index (Phi) is 4.37. The summed E-state index contributed by atoms with van der Waals surface area (Å²) in [6.07, 6.45) is 3.34. The van der Waals surface area contributed by atoms with Gasteiger partial charge in [-0.05, 0) is 43.8 Å². The smallest absolute Gasteiger partial charge is 0.0431 e. The first-order valence-corrected chi connectivity index (χ1v) is 6.28. The lowest BCUT2D eigenvalue weighted by Crippen LogP contribution is -2.21. The van der Waals surface area contributed by atoms with Gasteiger partial charge < -0.3 is 10.0 Å². The van der Waals surface area contributed by atoms with Gasteiger partial charge in [0.25, 0.3) is 0 Å². The normalized spacial score (nSPS) is 21.4. The lowest BCUT2D eigenvalue weighted by atomic mass is 9.99. The van der Waals surface area contributed by atoms with Crippen molar-refractivity contribution in [2.24, 2.45) is 0 Å². The number of unbranched alkanes of at least 4 members (excludes halogenated alkanes) is 1. The third-order valence-corrected chi connectivity index (χ3v) is 3.43. The highest BCUT2D eigenvalue weighted by Gasteiger charge is 2.22. The van der Waals surface area contributed by atoms with Gasteiger partial charge >= 0.3 is 0 Å². The maximum atomic E-state index is 8.75. The van der Waals surface area contributed by atoms with Crippen LogP contribution in [0.1, 0.15) is 30.7 Å². The summed E-state index contributed by atoms with van der Waals surface area (Å²) in [5, 5.41) is 8.75. The van der Waals surface area contributed by atoms with Crippen LogP contribution in [0.2, 0.25) is 0 Å². The van der Waals surface area contributed by atoms with Gasteiger partial charge in [0.1, 0.15) is 0 Å². The highest BCUT2D eigenvalue weighted by Crippen LogP contribution is 2.26. The van der Waals surface area contributed by atoms with E-state index >= 15 is 0 Å². The number of rotatable bonds is 5. The summed E-state index contributed by atoms with van der Waals surface area (Å²) in [5.74, 6) is 0.718. The highest BCUT2D eigenvalue weighted by atomic mass is 16.2. The number of likely N-dealkylation sites (tertiary alicyclic amines) is 1. The largest absolute Gasteiger partial charge is 0.396 e. The number of benzene rings is 1. The van der Waals surface area contributed by atoms with Gasteiger partial charge in [0.2, 0.25) is 0 Å². The number of aliphatic hydroxyl groups excluding tert-OH is 1. The van der Waals surface area contributed by atoms with Gasteiger partial charge in [-0.3, -0.25) is 0 Å². The van der Waals surface area contributed by atoms with Gasteiger partial charge in [0.05, 0.1) is 0 Å². The molecule has 0 amide bonds. The summed E-state index contributed by atoms with van der Waals surface area (Å²) in [6, 6.07) is 10.8. The first kappa shape index (κ1) is 11.6. The maximum absolute atomic E-state index is 8.75. The van der Waals surface area contributed by atoms with Crippen LogP contribution in [0.25, 0.3) is 0 Å². The minimum absolute atomic E-state index is 0.329. The summed E-state index contributed by atoms with van der Waals surface area (Å²) in [4.78, 5) is 2.52. The first-order chi connectivity index (χ1) is 7.90. The van der Waals surface area contributed by atoms with E-state index in [4.69, 9.17) is 5.11 Å². The molecule has 88 valence electrons. The van der Waals surface area contributed by atoms with Crippen molar-refractivity contribution < 1.29 is 5.11 Å². The highest BCUT2D eigenvalue weighted by molar-refractivity contribution is 5.20. The Balaban J connectivity index is 1.79. The van der Waals surface area contributed by atoms with Crippen molar-refractivity contribution in [2.75, 3.05) is 26.2 Å². The van der Waals surface area contributed by atoms with Crippen LogP contribution in [-0.4, -0.2) is 36.2 Å². The van der Waals surface area contributed by atoms with Crippen LogP contribution in [0.5, 0.6) is 0 Å². The molecule has 0 saturated carbocycles. The topological polar surface area (TPSA) is 23.5 Å². The van der Waals surface area contributed by atoms with Crippen LogP contribution in [-0.2, 0) is 0 Å². The molecule has 16 heavy (non-hydrogen) atoms. The molecule has 0 radical (unpaired) electrons. The predicted molar refractivity (Wildman–Crippen MR) is 66.6 cm³/mol. The van der Waals surface area contributed by atoms with E-state index in [1.165, 1.54) is 25.1 Å². The molecule has 1 saturated heterocycles. The monoisotopic (exact) mass is 219 g/mol. The Morgan fingerprint density at radius 2 is 2.00 bits per heavy atom. The molecule has 0 aromatic heterocycles. The van der Waals surface area contributed by atoms with Crippen molar-refractivity contribution in [1.29, 1.82) is 0 Å². The minimum Gasteiger partial charge on any atom is -0.396 e. The standard InChI is InChI=1S/C14H21NO/c16-11-5-4-9-15-10-8-14(12-15)13-6-2-1-3-7-13/h1-3,6-7,14,16H,4-5,8-12H2. The van der Waals surface area contributed by atoms with Crippen molar-refractivity contribution in [3.63, 3.8) is 0 Å². The maximum Gasteiger partial charge on any atom is 0.0431 e. The summed E-state index contributed by atoms with van der Waals surface area (Å²) in [7, 11) is 0. The fraction of sp³-hybridized carbons (Fsp3) is 0.571. The second kappa shape index (κ2) is 6.02. The quantitative estimate of drug-likeness (QED) is 0.768. The van der Waals surface area contributed by atoms with Gasteiger partial charge in [-0.1, -0.05) is 30.3 Å². The average molecular weight is 219 g/mol. The van der Waals surface area contributed by atoms with Crippen LogP contribution >= 0.6 is 0 Å². The number of nitrogens with zero attached hydrogens (tertiary/aromatic N) is 1. The molecule has 0 spiro atoms. The number of hydrogen-bond donors (Lipinski definition) is 1. The van der Waals surface area contributed by atoms with Crippen molar-refractivity contribution in [3.8, 4) is 0 Å². The molecule has 2 heteroatoms. The Morgan fingerprint density at radius 1 is 1.19 bits per heavy atom. The number of hydrogen-bond acceptors (Lipinski definition) is 2. The van der Waals surface area contributed by atoms with Crippen molar-refractivity contribution in [3.05, 3.63) is 35.9 Å². The molecule has 2 nitrogen and oxygen atoms in total. The van der Waals surface area contributed by atoms with Crippen molar-refractivity contribution in [1.82, 2.24) is 4.90 Å². The summed E-state index contributed by atoms with van der Waals surface area (Å²) >= 11 is 0. The first-order valence-electron chi connectivity index (χ1n) is 6.28. The third kappa shape index (κ3) is 3.06. The molecule has 1 fully saturated rings. The Morgan fingerprint density at radius 3 is 2.75 bits per heavy atom. The van der Waals surface area contributed by atoms with Crippen LogP contribution in [0.4, 0.5) is 0 Å². The molecule has 1 atom stereocenters. The zero-order valence-electron chi connectivity index (χ0n) is 9.81. The second-order valence-electron chi connectivity index (χ2n) is 4.63. The van der Waals surface area contributed by atoms with Crippen molar-refractivity contribution >= 4 is 0 Å². The molecular weight excluding hydrogens is 198 g/mol. The summed E-state index contributed by atoms with van der Waals surface area (Å²) in [6.45, 7) is 3.88. The SMILES string of the molecule is OCCCCN1CCC(c2ccccc2)C1. The van der Waals surface area contributed by atoms with E-state index < -0.39 is 0 Å². The van der Waals surface area contributed by atoms with Crippen LogP contribution < -0.4 is 0 Å². The fourth-order valence-electron chi connectivity index (χ4n) is 2.48. The third-order valence-electron chi connectivity index (χ3n) is 3.43. The molecule has 1 unspecified atom stereocenters. The predicted octanol–water partition coefficient (Wildman–Crippen LogP) is 2.25. The summed E-state index contributed by atoms with van der Waals surface area (Å²) < 4.78 is 0. The van der Waals surface area contributed by atoms with E-state index in [0.29, 0.717) is 6.61 Å². The molecule has 2 rings (SSSR count). The molecule has 0 aliphatic carbocycles. The van der Waals surface area contributed by atoms with Gasteiger partial charge in [0.15, 0.2) is 0 Å². The lowest BCUT2D eigenvalue weighted by molar-refractivity contribution is 0.263. The lowest BCUT2D eigenvalue weighted by Gasteiger charge is -2.15. The Hall–Kier alpha value is -0.860. The Labute approximate surface area is 97.9 Å². The van der Waals surface area contributed by atoms with Crippen molar-refractivity contribution in [2.45, 2.75) is 25.2 Å². The van der Waals surface area contributed by atoms with Gasteiger partial charge in [-0.25, -0.2) is 0 Å². The average Bonchev–Trinajstić information content (AvgIpc) is 2.79. The van der Waals surface area contributed by atoms with Gasteiger partial charge in [-0.2, -0.15) is 0 Å². The minimum atomic E-state index is 0.329. The van der Waals surface area contributed by atoms with E-state index in [1.807, 2.05) is 0 Å².